The molecule has 2 fully saturated rings. The van der Waals surface area contributed by atoms with Gasteiger partial charge in [0.2, 0.25) is 0 Å². The molecule has 5 aromatic rings. The van der Waals surface area contributed by atoms with E-state index >= 15 is 0 Å². The van der Waals surface area contributed by atoms with Crippen molar-refractivity contribution in [2.24, 2.45) is 14.1 Å². The number of benzene rings is 3. The smallest absolute Gasteiger partial charge is 0.264 e. The molecular weight excluding hydrogens is 761 g/mol. The molecule has 290 valence electrons. The Morgan fingerprint density at radius 1 is 0.945 bits per heavy atom. The summed E-state index contributed by atoms with van der Waals surface area (Å²) < 4.78 is 9.41. The summed E-state index contributed by atoms with van der Waals surface area (Å²) in [5, 5.41) is 14.8. The van der Waals surface area contributed by atoms with E-state index in [0.29, 0.717) is 51.4 Å². The molecule has 8 rings (SSSR count). The fraction of sp³-hybridized carbons (Fsp3) is 0.341. The zero-order valence-electron chi connectivity index (χ0n) is 31.1. The average molecular weight is 807 g/mol. The molecule has 3 aromatic carbocycles. The number of piperazine rings is 1. The number of phenolic OH excluding ortho intramolecular Hbond substituents is 1. The van der Waals surface area contributed by atoms with Gasteiger partial charge in [0.25, 0.3) is 11.8 Å². The number of aromatic nitrogens is 3. The Morgan fingerprint density at radius 3 is 2.45 bits per heavy atom. The monoisotopic (exact) mass is 805 g/mol. The second-order valence-electron chi connectivity index (χ2n) is 14.4. The maximum absolute atomic E-state index is 15.0. The van der Waals surface area contributed by atoms with Crippen molar-refractivity contribution in [3.8, 4) is 17.0 Å². The van der Waals surface area contributed by atoms with Crippen LogP contribution in [0.15, 0.2) is 85.2 Å². The second kappa shape index (κ2) is 16.8. The second-order valence-corrected chi connectivity index (χ2v) is 14.8. The van der Waals surface area contributed by atoms with Crippen LogP contribution in [-0.2, 0) is 31.8 Å². The molecule has 3 aliphatic heterocycles. The van der Waals surface area contributed by atoms with Gasteiger partial charge in [-0.1, -0.05) is 35.9 Å². The van der Waals surface area contributed by atoms with Crippen molar-refractivity contribution in [2.45, 2.75) is 32.0 Å². The molecule has 55 heavy (non-hydrogen) atoms. The van der Waals surface area contributed by atoms with E-state index in [0.717, 1.165) is 63.6 Å². The molecule has 0 spiro atoms. The molecule has 5 heterocycles. The summed E-state index contributed by atoms with van der Waals surface area (Å²) in [6.07, 6.45) is 4.18. The topological polar surface area (TPSA) is 99.3 Å². The van der Waals surface area contributed by atoms with E-state index in [9.17, 15) is 14.7 Å². The predicted molar refractivity (Wildman–Crippen MR) is 219 cm³/mol. The number of amides is 2. The van der Waals surface area contributed by atoms with Crippen molar-refractivity contribution in [1.82, 2.24) is 29.0 Å². The fourth-order valence-electron chi connectivity index (χ4n) is 8.14. The molecule has 14 heteroatoms. The number of aryl methyl sites for hydroxylation is 1. The number of hydrogen-bond donors (Lipinski definition) is 1. The lowest BCUT2D eigenvalue weighted by Crippen LogP contribution is -2.60. The zero-order chi connectivity index (χ0) is 36.8. The number of ether oxygens (including phenoxy) is 1. The molecule has 2 amide bonds. The van der Waals surface area contributed by atoms with Gasteiger partial charge in [0.15, 0.2) is 0 Å². The van der Waals surface area contributed by atoms with Gasteiger partial charge in [-0.25, -0.2) is 0 Å². The number of morpholine rings is 1. The van der Waals surface area contributed by atoms with E-state index < -0.39 is 0 Å². The summed E-state index contributed by atoms with van der Waals surface area (Å²) in [6.45, 7) is 8.59. The number of fused-ring (bicyclic) bond motifs is 2. The Hall–Kier alpha value is -4.36. The standard InChI is InChI=1S/C41H44ClN7O4.2ClH/c1-27-37(41(52)49(33-21-43-44(2)23-33)31-9-11-35(50)12-10-31)20-39(45(27)3)38-19-30(42)8-13-36(38)40(51)48-22-29-7-5-4-6-28(29)18-32(48)24-46-14-15-47-16-17-53-26-34(47)25-46;;/h4-13,19-21,23,32,34,50H,14-18,22,24-26H2,1-3H3;2*1H/t32-,34+;;/m0../s1. The lowest BCUT2D eigenvalue weighted by molar-refractivity contribution is -0.0485. The van der Waals surface area contributed by atoms with Crippen molar-refractivity contribution in [2.75, 3.05) is 50.8 Å². The van der Waals surface area contributed by atoms with Crippen molar-refractivity contribution in [3.05, 3.63) is 118 Å². The molecule has 0 unspecified atom stereocenters. The van der Waals surface area contributed by atoms with Crippen molar-refractivity contribution in [3.63, 3.8) is 0 Å². The van der Waals surface area contributed by atoms with E-state index in [2.05, 4.69) is 33.1 Å². The Balaban J connectivity index is 0.00000257. The Bertz CT molecular complexity index is 2170. The third kappa shape index (κ3) is 8.00. The van der Waals surface area contributed by atoms with Gasteiger partial charge in [-0.15, -0.1) is 24.8 Å². The summed E-state index contributed by atoms with van der Waals surface area (Å²) in [4.78, 5) is 38.1. The number of carbonyl (C=O) groups excluding carboxylic acids is 2. The van der Waals surface area contributed by atoms with Crippen LogP contribution in [-0.4, -0.2) is 104 Å². The lowest BCUT2D eigenvalue weighted by atomic mass is 9.92. The lowest BCUT2D eigenvalue weighted by Gasteiger charge is -2.46. The number of hydrogen-bond acceptors (Lipinski definition) is 7. The molecule has 0 saturated carbocycles. The first-order chi connectivity index (χ1) is 25.6. The Labute approximate surface area is 338 Å². The summed E-state index contributed by atoms with van der Waals surface area (Å²) in [7, 11) is 3.70. The fourth-order valence-corrected chi connectivity index (χ4v) is 8.31. The third-order valence-electron chi connectivity index (χ3n) is 11.1. The van der Waals surface area contributed by atoms with E-state index in [1.54, 1.807) is 59.4 Å². The van der Waals surface area contributed by atoms with Crippen LogP contribution in [0.4, 0.5) is 11.4 Å². The van der Waals surface area contributed by atoms with E-state index in [-0.39, 0.29) is 48.4 Å². The van der Waals surface area contributed by atoms with E-state index in [1.807, 2.05) is 47.7 Å². The van der Waals surface area contributed by atoms with Gasteiger partial charge in [0.05, 0.1) is 30.7 Å². The Morgan fingerprint density at radius 2 is 1.71 bits per heavy atom. The zero-order valence-corrected chi connectivity index (χ0v) is 33.5. The van der Waals surface area contributed by atoms with Gasteiger partial charge >= 0.3 is 0 Å². The van der Waals surface area contributed by atoms with Crippen LogP contribution in [0, 0.1) is 6.92 Å². The minimum absolute atomic E-state index is 0. The summed E-state index contributed by atoms with van der Waals surface area (Å²) in [6, 6.07) is 22.5. The van der Waals surface area contributed by atoms with Gasteiger partial charge in [0, 0.05) is 105 Å². The van der Waals surface area contributed by atoms with Crippen LogP contribution in [0.2, 0.25) is 5.02 Å². The van der Waals surface area contributed by atoms with Gasteiger partial charge in [-0.05, 0) is 73.0 Å². The van der Waals surface area contributed by atoms with Gasteiger partial charge in [-0.3, -0.25) is 29.0 Å². The number of nitrogens with zero attached hydrogens (tertiary/aromatic N) is 7. The van der Waals surface area contributed by atoms with Crippen LogP contribution >= 0.6 is 36.4 Å². The molecule has 2 atom stereocenters. The highest BCUT2D eigenvalue weighted by Crippen LogP contribution is 2.36. The van der Waals surface area contributed by atoms with Crippen LogP contribution in [0.3, 0.4) is 0 Å². The van der Waals surface area contributed by atoms with Crippen LogP contribution in [0.1, 0.15) is 37.5 Å². The van der Waals surface area contributed by atoms with E-state index in [1.165, 1.54) is 5.56 Å². The van der Waals surface area contributed by atoms with Crippen molar-refractivity contribution in [1.29, 1.82) is 0 Å². The SMILES string of the molecule is Cc1c(C(=O)N(c2ccc(O)cc2)c2cnn(C)c2)cc(-c2cc(Cl)ccc2C(=O)N2Cc3ccccc3C[C@H]2CN2CCN3CCOC[C@H]3C2)n1C.Cl.Cl. The molecule has 2 aromatic heterocycles. The molecule has 11 nitrogen and oxygen atoms in total. The van der Waals surface area contributed by atoms with E-state index in [4.69, 9.17) is 16.3 Å². The quantitative estimate of drug-likeness (QED) is 0.201. The van der Waals surface area contributed by atoms with Crippen LogP contribution in [0.5, 0.6) is 5.75 Å². The molecule has 0 radical (unpaired) electrons. The number of carbonyl (C=O) groups is 2. The first-order valence-corrected chi connectivity index (χ1v) is 18.5. The minimum Gasteiger partial charge on any atom is -0.508 e. The highest BCUT2D eigenvalue weighted by molar-refractivity contribution is 6.31. The summed E-state index contributed by atoms with van der Waals surface area (Å²) in [5.74, 6) is -0.234. The summed E-state index contributed by atoms with van der Waals surface area (Å²) >= 11 is 6.66. The first-order valence-electron chi connectivity index (χ1n) is 18.1. The van der Waals surface area contributed by atoms with Crippen LogP contribution in [0.25, 0.3) is 11.3 Å². The molecule has 1 N–H and O–H groups in total. The van der Waals surface area contributed by atoms with Crippen LogP contribution < -0.4 is 4.90 Å². The van der Waals surface area contributed by atoms with Crippen molar-refractivity contribution >= 4 is 59.6 Å². The molecular formula is C41H46Cl3N7O4. The maximum Gasteiger partial charge on any atom is 0.264 e. The predicted octanol–water partition coefficient (Wildman–Crippen LogP) is 6.50. The largest absolute Gasteiger partial charge is 0.508 e. The number of rotatable bonds is 7. The minimum atomic E-state index is -0.269. The first kappa shape index (κ1) is 40.3. The summed E-state index contributed by atoms with van der Waals surface area (Å²) in [5.41, 5.74) is 6.70. The average Bonchev–Trinajstić information content (AvgIpc) is 3.73. The molecule has 2 saturated heterocycles. The van der Waals surface area contributed by atoms with Gasteiger partial charge in [-0.2, -0.15) is 5.10 Å². The molecule has 0 aliphatic carbocycles. The molecule has 3 aliphatic rings. The highest BCUT2D eigenvalue weighted by atomic mass is 35.5. The number of halogens is 3. The number of aromatic hydroxyl groups is 1. The molecule has 0 bridgehead atoms. The Kier molecular flexibility index (Phi) is 12.3. The third-order valence-corrected chi connectivity index (χ3v) is 11.4. The van der Waals surface area contributed by atoms with Gasteiger partial charge in [0.1, 0.15) is 5.75 Å². The maximum atomic E-state index is 15.0. The number of phenols is 1. The van der Waals surface area contributed by atoms with Gasteiger partial charge < -0.3 is 19.3 Å². The normalized spacial score (nSPS) is 18.4. The number of anilines is 2. The highest BCUT2D eigenvalue weighted by Gasteiger charge is 2.36. The van der Waals surface area contributed by atoms with Crippen molar-refractivity contribution < 1.29 is 19.4 Å².